The van der Waals surface area contributed by atoms with Crippen LogP contribution < -0.4 is 10.6 Å². The number of hydrogen-bond donors (Lipinski definition) is 2. The highest BCUT2D eigenvalue weighted by atomic mass is 16.2. The Balaban J connectivity index is 1.65. The van der Waals surface area contributed by atoms with E-state index in [9.17, 15) is 4.79 Å². The second kappa shape index (κ2) is 9.42. The normalized spacial score (nSPS) is 24.9. The minimum Gasteiger partial charge on any atom is -0.352 e. The molecule has 1 saturated carbocycles. The molecule has 0 radical (unpaired) electrons. The van der Waals surface area contributed by atoms with Crippen molar-refractivity contribution in [3.05, 3.63) is 0 Å². The zero-order valence-corrected chi connectivity index (χ0v) is 13.7. The molecule has 1 aliphatic heterocycles. The Morgan fingerprint density at radius 1 is 1.14 bits per heavy atom. The van der Waals surface area contributed by atoms with Gasteiger partial charge in [-0.2, -0.15) is 0 Å². The van der Waals surface area contributed by atoms with Crippen LogP contribution in [0.3, 0.4) is 0 Å². The first kappa shape index (κ1) is 16.8. The number of piperidine rings is 1. The van der Waals surface area contributed by atoms with Gasteiger partial charge in [-0.05, 0) is 57.7 Å². The average Bonchev–Trinajstić information content (AvgIpc) is 2.49. The van der Waals surface area contributed by atoms with E-state index in [0.717, 1.165) is 26.2 Å². The Kier molecular flexibility index (Phi) is 7.51. The average molecular weight is 295 g/mol. The largest absolute Gasteiger partial charge is 0.352 e. The molecule has 0 spiro atoms. The maximum atomic E-state index is 12.2. The fourth-order valence-electron chi connectivity index (χ4n) is 3.67. The van der Waals surface area contributed by atoms with E-state index in [4.69, 9.17) is 0 Å². The maximum Gasteiger partial charge on any atom is 0.234 e. The number of carbonyl (C=O) groups excluding carboxylic acids is 1. The molecule has 2 aliphatic rings. The second-order valence-electron chi connectivity index (χ2n) is 6.85. The van der Waals surface area contributed by atoms with Crippen molar-refractivity contribution in [1.29, 1.82) is 0 Å². The number of hydrogen-bond acceptors (Lipinski definition) is 3. The van der Waals surface area contributed by atoms with Gasteiger partial charge in [0, 0.05) is 12.6 Å². The van der Waals surface area contributed by atoms with Gasteiger partial charge in [0.05, 0.1) is 6.54 Å². The molecule has 1 amide bonds. The van der Waals surface area contributed by atoms with Crippen LogP contribution >= 0.6 is 0 Å². The number of likely N-dealkylation sites (tertiary alicyclic amines) is 1. The van der Waals surface area contributed by atoms with Crippen LogP contribution in [0, 0.1) is 5.92 Å². The molecule has 1 unspecified atom stereocenters. The zero-order valence-electron chi connectivity index (χ0n) is 13.7. The third-order valence-electron chi connectivity index (χ3n) is 4.80. The smallest absolute Gasteiger partial charge is 0.234 e. The van der Waals surface area contributed by atoms with Gasteiger partial charge in [-0.25, -0.2) is 0 Å². The van der Waals surface area contributed by atoms with Crippen molar-refractivity contribution in [3.63, 3.8) is 0 Å². The molecule has 0 aromatic heterocycles. The highest BCUT2D eigenvalue weighted by molar-refractivity contribution is 5.78. The van der Waals surface area contributed by atoms with Crippen molar-refractivity contribution >= 4 is 5.91 Å². The molecule has 1 aliphatic carbocycles. The topological polar surface area (TPSA) is 44.4 Å². The van der Waals surface area contributed by atoms with Crippen molar-refractivity contribution in [1.82, 2.24) is 15.5 Å². The SMILES string of the molecule is CCCNCC1CCCN(CC(=O)NC2CCCCC2)C1. The number of nitrogens with one attached hydrogen (secondary N) is 2. The van der Waals surface area contributed by atoms with Crippen LogP contribution in [0.1, 0.15) is 58.3 Å². The number of amides is 1. The lowest BCUT2D eigenvalue weighted by Crippen LogP contribution is -2.47. The van der Waals surface area contributed by atoms with Crippen LogP contribution in [0.2, 0.25) is 0 Å². The third-order valence-corrected chi connectivity index (χ3v) is 4.80. The minimum atomic E-state index is 0.240. The summed E-state index contributed by atoms with van der Waals surface area (Å²) >= 11 is 0. The van der Waals surface area contributed by atoms with Crippen molar-refractivity contribution in [2.24, 2.45) is 5.92 Å². The van der Waals surface area contributed by atoms with Crippen LogP contribution in [0.25, 0.3) is 0 Å². The second-order valence-corrected chi connectivity index (χ2v) is 6.85. The summed E-state index contributed by atoms with van der Waals surface area (Å²) in [5, 5.41) is 6.75. The Bertz CT molecular complexity index is 302. The van der Waals surface area contributed by atoms with E-state index in [1.54, 1.807) is 0 Å². The van der Waals surface area contributed by atoms with Gasteiger partial charge >= 0.3 is 0 Å². The van der Waals surface area contributed by atoms with Crippen molar-refractivity contribution in [2.45, 2.75) is 64.3 Å². The first-order valence-electron chi connectivity index (χ1n) is 9.00. The Labute approximate surface area is 130 Å². The molecular weight excluding hydrogens is 262 g/mol. The van der Waals surface area contributed by atoms with E-state index in [2.05, 4.69) is 22.5 Å². The lowest BCUT2D eigenvalue weighted by molar-refractivity contribution is -0.123. The summed E-state index contributed by atoms with van der Waals surface area (Å²) in [6.45, 7) is 7.18. The molecule has 0 aromatic rings. The third kappa shape index (κ3) is 6.35. The standard InChI is InChI=1S/C17H33N3O/c1-2-10-18-12-15-7-6-11-20(13-15)14-17(21)19-16-8-4-3-5-9-16/h15-16,18H,2-14H2,1H3,(H,19,21). The van der Waals surface area contributed by atoms with Crippen LogP contribution in [0.4, 0.5) is 0 Å². The van der Waals surface area contributed by atoms with Gasteiger partial charge in [-0.3, -0.25) is 9.69 Å². The monoisotopic (exact) mass is 295 g/mol. The molecule has 4 heteroatoms. The molecule has 1 heterocycles. The van der Waals surface area contributed by atoms with Crippen molar-refractivity contribution in [2.75, 3.05) is 32.7 Å². The number of nitrogens with zero attached hydrogens (tertiary/aromatic N) is 1. The minimum absolute atomic E-state index is 0.240. The Morgan fingerprint density at radius 2 is 1.95 bits per heavy atom. The molecular formula is C17H33N3O. The fourth-order valence-corrected chi connectivity index (χ4v) is 3.67. The molecule has 0 aromatic carbocycles. The van der Waals surface area contributed by atoms with Crippen molar-refractivity contribution < 1.29 is 4.79 Å². The van der Waals surface area contributed by atoms with Gasteiger partial charge in [0.25, 0.3) is 0 Å². The molecule has 2 N–H and O–H groups in total. The summed E-state index contributed by atoms with van der Waals surface area (Å²) in [4.78, 5) is 14.5. The predicted molar refractivity (Wildman–Crippen MR) is 87.3 cm³/mol. The molecule has 1 atom stereocenters. The summed E-state index contributed by atoms with van der Waals surface area (Å²) in [5.41, 5.74) is 0. The Morgan fingerprint density at radius 3 is 2.71 bits per heavy atom. The fraction of sp³-hybridized carbons (Fsp3) is 0.941. The highest BCUT2D eigenvalue weighted by Crippen LogP contribution is 2.18. The van der Waals surface area contributed by atoms with E-state index < -0.39 is 0 Å². The Hall–Kier alpha value is -0.610. The van der Waals surface area contributed by atoms with E-state index in [0.29, 0.717) is 18.5 Å². The molecule has 0 bridgehead atoms. The van der Waals surface area contributed by atoms with Gasteiger partial charge in [-0.1, -0.05) is 26.2 Å². The van der Waals surface area contributed by atoms with E-state index in [-0.39, 0.29) is 5.91 Å². The lowest BCUT2D eigenvalue weighted by Gasteiger charge is -2.33. The first-order valence-corrected chi connectivity index (χ1v) is 9.00. The van der Waals surface area contributed by atoms with Gasteiger partial charge in [0.15, 0.2) is 0 Å². The van der Waals surface area contributed by atoms with Gasteiger partial charge in [0.2, 0.25) is 5.91 Å². The number of rotatable bonds is 7. The van der Waals surface area contributed by atoms with E-state index >= 15 is 0 Å². The van der Waals surface area contributed by atoms with Gasteiger partial charge < -0.3 is 10.6 Å². The molecule has 21 heavy (non-hydrogen) atoms. The summed E-state index contributed by atoms with van der Waals surface area (Å²) in [6, 6.07) is 0.443. The summed E-state index contributed by atoms with van der Waals surface area (Å²) in [5.74, 6) is 0.955. The van der Waals surface area contributed by atoms with Gasteiger partial charge in [-0.15, -0.1) is 0 Å². The van der Waals surface area contributed by atoms with Crippen molar-refractivity contribution in [3.8, 4) is 0 Å². The molecule has 2 rings (SSSR count). The molecule has 2 fully saturated rings. The van der Waals surface area contributed by atoms with Crippen LogP contribution in [0.15, 0.2) is 0 Å². The highest BCUT2D eigenvalue weighted by Gasteiger charge is 2.22. The van der Waals surface area contributed by atoms with Crippen LogP contribution in [0.5, 0.6) is 0 Å². The van der Waals surface area contributed by atoms with Crippen LogP contribution in [-0.4, -0.2) is 49.6 Å². The summed E-state index contributed by atoms with van der Waals surface area (Å²) < 4.78 is 0. The molecule has 1 saturated heterocycles. The zero-order chi connectivity index (χ0) is 14.9. The quantitative estimate of drug-likeness (QED) is 0.707. The molecule has 4 nitrogen and oxygen atoms in total. The summed E-state index contributed by atoms with van der Waals surface area (Å²) in [6.07, 6.45) is 9.97. The maximum absolute atomic E-state index is 12.2. The molecule has 122 valence electrons. The lowest BCUT2D eigenvalue weighted by atomic mass is 9.95. The first-order chi connectivity index (χ1) is 10.3. The van der Waals surface area contributed by atoms with E-state index in [1.165, 1.54) is 51.4 Å². The van der Waals surface area contributed by atoms with E-state index in [1.807, 2.05) is 0 Å². The summed E-state index contributed by atoms with van der Waals surface area (Å²) in [7, 11) is 0. The number of carbonyl (C=O) groups is 1. The van der Waals surface area contributed by atoms with Gasteiger partial charge in [0.1, 0.15) is 0 Å². The van der Waals surface area contributed by atoms with Crippen LogP contribution in [-0.2, 0) is 4.79 Å². The predicted octanol–water partition coefficient (Wildman–Crippen LogP) is 2.15.